The van der Waals surface area contributed by atoms with E-state index >= 15 is 0 Å². The summed E-state index contributed by atoms with van der Waals surface area (Å²) in [4.78, 5) is 10.8. The van der Waals surface area contributed by atoms with Crippen molar-refractivity contribution in [3.63, 3.8) is 0 Å². The third-order valence-corrected chi connectivity index (χ3v) is 11.7. The fourth-order valence-corrected chi connectivity index (χ4v) is 8.63. The number of carbonyl (C=O) groups is 1. The van der Waals surface area contributed by atoms with Gasteiger partial charge in [-0.1, -0.05) is 61.4 Å². The first-order valence-corrected chi connectivity index (χ1v) is 18.7. The van der Waals surface area contributed by atoms with Gasteiger partial charge >= 0.3 is 0 Å². The van der Waals surface area contributed by atoms with Crippen LogP contribution in [0.3, 0.4) is 0 Å². The van der Waals surface area contributed by atoms with Crippen molar-refractivity contribution in [1.29, 1.82) is 0 Å². The SMILES string of the molecule is C[C@H](Cc1ccc(OCCC[N+]23CCC(CC2)[C@@H](OCC(O)(c2ccccc2)C2CCCC2)C3)cc1)NC[C@H](O)c1ccc(O)c(NC=O)c1. The van der Waals surface area contributed by atoms with Gasteiger partial charge in [0.05, 0.1) is 44.6 Å². The predicted molar refractivity (Wildman–Crippen MR) is 195 cm³/mol. The summed E-state index contributed by atoms with van der Waals surface area (Å²) in [5, 5.41) is 38.3. The Morgan fingerprint density at radius 1 is 1.00 bits per heavy atom. The third-order valence-electron chi connectivity index (χ3n) is 11.7. The second-order valence-corrected chi connectivity index (χ2v) is 15.1. The number of fused-ring (bicyclic) bond motifs is 3. The number of amides is 1. The van der Waals surface area contributed by atoms with E-state index in [1.54, 1.807) is 12.1 Å². The average molecular weight is 687 g/mol. The Hall–Kier alpha value is -3.47. The molecule has 9 heteroatoms. The number of aromatic hydroxyl groups is 1. The number of ether oxygens (including phenoxy) is 2. The first kappa shape index (κ1) is 36.3. The van der Waals surface area contributed by atoms with Gasteiger partial charge in [0.25, 0.3) is 0 Å². The lowest BCUT2D eigenvalue weighted by molar-refractivity contribution is -0.946. The predicted octanol–water partition coefficient (Wildman–Crippen LogP) is 5.69. The van der Waals surface area contributed by atoms with Crippen molar-refractivity contribution in [2.45, 2.75) is 82.1 Å². The molecular weight excluding hydrogens is 630 g/mol. The van der Waals surface area contributed by atoms with Gasteiger partial charge in [0.2, 0.25) is 6.41 Å². The maximum absolute atomic E-state index is 12.0. The standard InChI is InChI=1S/C41H55N3O6/c1-30(42-26-39(47)33-14-17-38(46)37(25-33)43-29-45)24-31-12-15-36(16-13-31)49-23-7-20-44-21-18-32(19-22-44)40(27-44)50-28-41(48,35-10-5-6-11-35)34-8-3-2-4-9-34/h2-4,8-9,12-17,25,29-30,32,35,39-40,42,47-48H,5-7,10-11,18-24,26-28H2,1H3,(H-,43,45,46)/p+1/t30-,32?,39+,40+,41?,44?/m1/s1. The van der Waals surface area contributed by atoms with Crippen LogP contribution < -0.4 is 15.4 Å². The number of hydrogen-bond acceptors (Lipinski definition) is 7. The van der Waals surface area contributed by atoms with E-state index in [4.69, 9.17) is 9.47 Å². The Morgan fingerprint density at radius 3 is 2.46 bits per heavy atom. The Morgan fingerprint density at radius 2 is 1.74 bits per heavy atom. The van der Waals surface area contributed by atoms with Crippen LogP contribution in [0.25, 0.3) is 0 Å². The second kappa shape index (κ2) is 16.7. The van der Waals surface area contributed by atoms with Gasteiger partial charge in [0.1, 0.15) is 29.7 Å². The number of aliphatic hydroxyl groups is 2. The molecule has 0 spiro atoms. The van der Waals surface area contributed by atoms with Crippen LogP contribution in [-0.4, -0.2) is 84.3 Å². The second-order valence-electron chi connectivity index (χ2n) is 15.1. The number of quaternary nitrogens is 1. The highest BCUT2D eigenvalue weighted by Gasteiger charge is 2.48. The van der Waals surface area contributed by atoms with Crippen molar-refractivity contribution in [2.24, 2.45) is 11.8 Å². The molecule has 5 N–H and O–H groups in total. The van der Waals surface area contributed by atoms with Crippen LogP contribution in [0, 0.1) is 11.8 Å². The van der Waals surface area contributed by atoms with E-state index in [9.17, 15) is 20.1 Å². The highest BCUT2D eigenvalue weighted by Crippen LogP contribution is 2.42. The number of phenols is 1. The highest BCUT2D eigenvalue weighted by atomic mass is 16.5. The molecule has 4 atom stereocenters. The minimum absolute atomic E-state index is 0.0418. The Kier molecular flexibility index (Phi) is 12.1. The monoisotopic (exact) mass is 686 g/mol. The maximum Gasteiger partial charge on any atom is 0.211 e. The number of nitrogens with zero attached hydrogens (tertiary/aromatic N) is 1. The van der Waals surface area contributed by atoms with Gasteiger partial charge in [-0.2, -0.15) is 0 Å². The lowest BCUT2D eigenvalue weighted by atomic mass is 9.80. The maximum atomic E-state index is 12.0. The van der Waals surface area contributed by atoms with Crippen LogP contribution in [-0.2, 0) is 21.6 Å². The molecule has 1 aliphatic carbocycles. The molecule has 1 unspecified atom stereocenters. The first-order valence-electron chi connectivity index (χ1n) is 18.7. The molecule has 1 amide bonds. The van der Waals surface area contributed by atoms with Gasteiger partial charge in [0.15, 0.2) is 0 Å². The molecule has 4 fully saturated rings. The number of nitrogens with one attached hydrogen (secondary N) is 2. The van der Waals surface area contributed by atoms with E-state index in [0.29, 0.717) is 37.6 Å². The van der Waals surface area contributed by atoms with E-state index in [1.807, 2.05) is 30.3 Å². The van der Waals surface area contributed by atoms with E-state index in [-0.39, 0.29) is 29.5 Å². The molecule has 0 radical (unpaired) electrons. The quantitative estimate of drug-likeness (QED) is 0.0505. The summed E-state index contributed by atoms with van der Waals surface area (Å²) >= 11 is 0. The number of hydrogen-bond donors (Lipinski definition) is 5. The van der Waals surface area contributed by atoms with Crippen molar-refractivity contribution >= 4 is 12.1 Å². The van der Waals surface area contributed by atoms with Gasteiger partial charge < -0.3 is 39.9 Å². The van der Waals surface area contributed by atoms with Crippen LogP contribution in [0.2, 0.25) is 0 Å². The Labute approximate surface area is 297 Å². The van der Waals surface area contributed by atoms with Crippen LogP contribution in [0.5, 0.6) is 11.5 Å². The summed E-state index contributed by atoms with van der Waals surface area (Å²) in [7, 11) is 0. The number of aliphatic hydroxyl groups excluding tert-OH is 1. The summed E-state index contributed by atoms with van der Waals surface area (Å²) in [5.74, 6) is 1.69. The molecule has 3 saturated heterocycles. The molecule has 1 saturated carbocycles. The molecule has 7 rings (SSSR count). The zero-order valence-electron chi connectivity index (χ0n) is 29.5. The summed E-state index contributed by atoms with van der Waals surface area (Å²) in [6.45, 7) is 8.04. The van der Waals surface area contributed by atoms with Crippen LogP contribution in [0.1, 0.15) is 74.7 Å². The highest BCUT2D eigenvalue weighted by molar-refractivity contribution is 5.75. The van der Waals surface area contributed by atoms with E-state index < -0.39 is 11.7 Å². The molecule has 0 aromatic heterocycles. The normalized spacial score (nSPS) is 24.4. The smallest absolute Gasteiger partial charge is 0.211 e. The number of anilines is 1. The molecule has 3 heterocycles. The molecule has 3 aliphatic heterocycles. The largest absolute Gasteiger partial charge is 0.506 e. The van der Waals surface area contributed by atoms with E-state index in [2.05, 4.69) is 41.8 Å². The number of rotatable bonds is 18. The zero-order valence-corrected chi connectivity index (χ0v) is 29.5. The molecule has 2 bridgehead atoms. The third kappa shape index (κ3) is 8.87. The van der Waals surface area contributed by atoms with Crippen molar-refractivity contribution in [3.8, 4) is 11.5 Å². The molecule has 9 nitrogen and oxygen atoms in total. The molecular formula is C41H56N3O6+. The minimum atomic E-state index is -0.911. The first-order chi connectivity index (χ1) is 24.3. The molecule has 4 aliphatic rings. The Bertz CT molecular complexity index is 1510. The van der Waals surface area contributed by atoms with Crippen molar-refractivity contribution < 1.29 is 34.1 Å². The Balaban J connectivity index is 0.927. The molecule has 270 valence electrons. The lowest BCUT2D eigenvalue weighted by Crippen LogP contribution is -2.65. The summed E-state index contributed by atoms with van der Waals surface area (Å²) in [6.07, 6.45) is 8.63. The van der Waals surface area contributed by atoms with Crippen LogP contribution >= 0.6 is 0 Å². The van der Waals surface area contributed by atoms with Crippen molar-refractivity contribution in [3.05, 3.63) is 89.5 Å². The molecule has 3 aromatic rings. The topological polar surface area (TPSA) is 120 Å². The van der Waals surface area contributed by atoms with Gasteiger partial charge in [-0.25, -0.2) is 0 Å². The summed E-state index contributed by atoms with van der Waals surface area (Å²) in [5.41, 5.74) is 2.16. The van der Waals surface area contributed by atoms with Gasteiger partial charge in [0, 0.05) is 37.8 Å². The fourth-order valence-electron chi connectivity index (χ4n) is 8.63. The zero-order chi connectivity index (χ0) is 35.0. The summed E-state index contributed by atoms with van der Waals surface area (Å²) < 4.78 is 14.0. The summed E-state index contributed by atoms with van der Waals surface area (Å²) in [6, 6.07) is 23.3. The van der Waals surface area contributed by atoms with Gasteiger partial charge in [-0.05, 0) is 73.1 Å². The molecule has 3 aromatic carbocycles. The van der Waals surface area contributed by atoms with Crippen LogP contribution in [0.4, 0.5) is 5.69 Å². The van der Waals surface area contributed by atoms with Gasteiger partial charge in [-0.15, -0.1) is 0 Å². The lowest BCUT2D eigenvalue weighted by Gasteiger charge is -2.53. The number of carbonyl (C=O) groups excluding carboxylic acids is 1. The van der Waals surface area contributed by atoms with E-state index in [0.717, 1.165) is 54.6 Å². The minimum Gasteiger partial charge on any atom is -0.506 e. The van der Waals surface area contributed by atoms with Crippen molar-refractivity contribution in [1.82, 2.24) is 5.32 Å². The molecule has 50 heavy (non-hydrogen) atoms. The van der Waals surface area contributed by atoms with E-state index in [1.165, 1.54) is 50.4 Å². The average Bonchev–Trinajstić information content (AvgIpc) is 3.70. The fraction of sp³-hybridized carbons (Fsp3) is 0.537. The number of piperidine rings is 3. The number of phenolic OH excluding ortho intramolecular Hbond substituents is 1. The van der Waals surface area contributed by atoms with Gasteiger partial charge in [-0.3, -0.25) is 4.79 Å². The number of benzene rings is 3. The van der Waals surface area contributed by atoms with Crippen LogP contribution in [0.15, 0.2) is 72.8 Å². The van der Waals surface area contributed by atoms with Crippen molar-refractivity contribution in [2.75, 3.05) is 51.3 Å².